The molecule has 1 rings (SSSR count). The molecule has 0 bridgehead atoms. The van der Waals surface area contributed by atoms with Crippen LogP contribution in [0, 0.1) is 5.92 Å². The second kappa shape index (κ2) is 5.35. The van der Waals surface area contributed by atoms with Gasteiger partial charge in [-0.1, -0.05) is 39.8 Å². The van der Waals surface area contributed by atoms with Crippen molar-refractivity contribution in [2.45, 2.75) is 46.1 Å². The van der Waals surface area contributed by atoms with Crippen LogP contribution < -0.4 is 5.73 Å². The van der Waals surface area contributed by atoms with Gasteiger partial charge in [-0.3, -0.25) is 0 Å². The Balaban J connectivity index is 2.97. The summed E-state index contributed by atoms with van der Waals surface area (Å²) in [5.74, 6) is 0.933. The van der Waals surface area contributed by atoms with Gasteiger partial charge >= 0.3 is 0 Å². The second-order valence-corrected chi connectivity index (χ2v) is 5.19. The van der Waals surface area contributed by atoms with Gasteiger partial charge in [0.25, 0.3) is 0 Å². The Morgan fingerprint density at radius 1 is 1.19 bits per heavy atom. The molecule has 0 spiro atoms. The third-order valence-electron chi connectivity index (χ3n) is 2.83. The standard InChI is InChI=1S/C14H23NO/c1-9(2)7-14(16)12-8-11(10(3)4)5-6-13(12)15/h5-6,8-10,14,16H,7,15H2,1-4H3. The lowest BCUT2D eigenvalue weighted by molar-refractivity contribution is 0.151. The first-order chi connectivity index (χ1) is 7.41. The van der Waals surface area contributed by atoms with Crippen LogP contribution in [0.25, 0.3) is 0 Å². The zero-order chi connectivity index (χ0) is 12.3. The molecular weight excluding hydrogens is 198 g/mol. The summed E-state index contributed by atoms with van der Waals surface area (Å²) < 4.78 is 0. The maximum absolute atomic E-state index is 10.1. The zero-order valence-corrected chi connectivity index (χ0v) is 10.7. The molecule has 16 heavy (non-hydrogen) atoms. The van der Waals surface area contributed by atoms with E-state index in [4.69, 9.17) is 5.73 Å². The number of hydrogen-bond donors (Lipinski definition) is 2. The minimum absolute atomic E-state index is 0.446. The van der Waals surface area contributed by atoms with Crippen molar-refractivity contribution in [1.29, 1.82) is 0 Å². The van der Waals surface area contributed by atoms with Crippen molar-refractivity contribution in [3.8, 4) is 0 Å². The van der Waals surface area contributed by atoms with Gasteiger partial charge in [0.1, 0.15) is 0 Å². The lowest BCUT2D eigenvalue weighted by Gasteiger charge is -2.17. The van der Waals surface area contributed by atoms with Crippen LogP contribution in [0.1, 0.15) is 57.3 Å². The summed E-state index contributed by atoms with van der Waals surface area (Å²) in [4.78, 5) is 0. The lowest BCUT2D eigenvalue weighted by atomic mass is 9.94. The molecule has 0 aliphatic rings. The average molecular weight is 221 g/mol. The Morgan fingerprint density at radius 3 is 2.31 bits per heavy atom. The van der Waals surface area contributed by atoms with Crippen molar-refractivity contribution in [3.63, 3.8) is 0 Å². The lowest BCUT2D eigenvalue weighted by Crippen LogP contribution is -2.06. The molecule has 3 N–H and O–H groups in total. The number of aliphatic hydroxyl groups is 1. The SMILES string of the molecule is CC(C)CC(O)c1cc(C(C)C)ccc1N. The number of nitrogens with two attached hydrogens (primary N) is 1. The Kier molecular flexibility index (Phi) is 4.36. The van der Waals surface area contributed by atoms with E-state index in [1.807, 2.05) is 18.2 Å². The van der Waals surface area contributed by atoms with E-state index in [9.17, 15) is 5.11 Å². The van der Waals surface area contributed by atoms with Gasteiger partial charge in [-0.2, -0.15) is 0 Å². The van der Waals surface area contributed by atoms with E-state index in [0.717, 1.165) is 12.0 Å². The molecule has 0 heterocycles. The normalized spacial score (nSPS) is 13.4. The fraction of sp³-hybridized carbons (Fsp3) is 0.571. The van der Waals surface area contributed by atoms with E-state index in [2.05, 4.69) is 27.7 Å². The van der Waals surface area contributed by atoms with Gasteiger partial charge in [-0.15, -0.1) is 0 Å². The minimum Gasteiger partial charge on any atom is -0.398 e. The van der Waals surface area contributed by atoms with Crippen molar-refractivity contribution >= 4 is 5.69 Å². The zero-order valence-electron chi connectivity index (χ0n) is 10.7. The molecule has 0 radical (unpaired) electrons. The van der Waals surface area contributed by atoms with Gasteiger partial charge in [-0.05, 0) is 29.9 Å². The van der Waals surface area contributed by atoms with E-state index in [1.54, 1.807) is 0 Å². The van der Waals surface area contributed by atoms with Crippen molar-refractivity contribution in [2.75, 3.05) is 5.73 Å². The van der Waals surface area contributed by atoms with Crippen molar-refractivity contribution in [1.82, 2.24) is 0 Å². The first-order valence-electron chi connectivity index (χ1n) is 5.99. The summed E-state index contributed by atoms with van der Waals surface area (Å²) in [6.07, 6.45) is 0.310. The second-order valence-electron chi connectivity index (χ2n) is 5.19. The number of benzene rings is 1. The first-order valence-corrected chi connectivity index (χ1v) is 5.99. The fourth-order valence-electron chi connectivity index (χ4n) is 1.81. The molecule has 0 aromatic heterocycles. The number of aliphatic hydroxyl groups excluding tert-OH is 1. The molecule has 1 aromatic carbocycles. The highest BCUT2D eigenvalue weighted by molar-refractivity contribution is 5.50. The third-order valence-corrected chi connectivity index (χ3v) is 2.83. The van der Waals surface area contributed by atoms with Crippen LogP contribution in [0.2, 0.25) is 0 Å². The van der Waals surface area contributed by atoms with Crippen LogP contribution >= 0.6 is 0 Å². The molecule has 0 saturated carbocycles. The third kappa shape index (κ3) is 3.24. The number of nitrogen functional groups attached to an aromatic ring is 1. The van der Waals surface area contributed by atoms with E-state index < -0.39 is 6.10 Å². The summed E-state index contributed by atoms with van der Waals surface area (Å²) >= 11 is 0. The van der Waals surface area contributed by atoms with Gasteiger partial charge < -0.3 is 10.8 Å². The Bertz CT molecular complexity index is 345. The van der Waals surface area contributed by atoms with Gasteiger partial charge in [0.15, 0.2) is 0 Å². The maximum Gasteiger partial charge on any atom is 0.0812 e. The predicted octanol–water partition coefficient (Wildman–Crippen LogP) is 3.47. The average Bonchev–Trinajstić information content (AvgIpc) is 2.16. The molecule has 0 aliphatic heterocycles. The molecule has 0 aliphatic carbocycles. The maximum atomic E-state index is 10.1. The van der Waals surface area contributed by atoms with Crippen LogP contribution in [0.3, 0.4) is 0 Å². The highest BCUT2D eigenvalue weighted by atomic mass is 16.3. The Morgan fingerprint density at radius 2 is 1.81 bits per heavy atom. The number of anilines is 1. The minimum atomic E-state index is -0.446. The van der Waals surface area contributed by atoms with E-state index in [0.29, 0.717) is 17.5 Å². The largest absolute Gasteiger partial charge is 0.398 e. The smallest absolute Gasteiger partial charge is 0.0812 e. The highest BCUT2D eigenvalue weighted by Crippen LogP contribution is 2.29. The monoisotopic (exact) mass is 221 g/mol. The highest BCUT2D eigenvalue weighted by Gasteiger charge is 2.14. The summed E-state index contributed by atoms with van der Waals surface area (Å²) in [6.45, 7) is 8.49. The summed E-state index contributed by atoms with van der Waals surface area (Å²) in [5.41, 5.74) is 8.70. The van der Waals surface area contributed by atoms with Crippen LogP contribution in [-0.4, -0.2) is 5.11 Å². The summed E-state index contributed by atoms with van der Waals surface area (Å²) in [6, 6.07) is 5.97. The molecule has 2 heteroatoms. The van der Waals surface area contributed by atoms with Crippen LogP contribution in [0.4, 0.5) is 5.69 Å². The van der Waals surface area contributed by atoms with E-state index >= 15 is 0 Å². The van der Waals surface area contributed by atoms with Gasteiger partial charge in [-0.25, -0.2) is 0 Å². The molecule has 90 valence electrons. The predicted molar refractivity (Wildman–Crippen MR) is 69.4 cm³/mol. The van der Waals surface area contributed by atoms with Crippen LogP contribution in [-0.2, 0) is 0 Å². The van der Waals surface area contributed by atoms with Crippen LogP contribution in [0.15, 0.2) is 18.2 Å². The molecule has 0 saturated heterocycles. The van der Waals surface area contributed by atoms with Gasteiger partial charge in [0.05, 0.1) is 6.10 Å². The Hall–Kier alpha value is -1.02. The van der Waals surface area contributed by atoms with Gasteiger partial charge in [0.2, 0.25) is 0 Å². The molecule has 0 amide bonds. The van der Waals surface area contributed by atoms with Gasteiger partial charge in [0, 0.05) is 11.3 Å². The van der Waals surface area contributed by atoms with Crippen molar-refractivity contribution in [3.05, 3.63) is 29.3 Å². The first kappa shape index (κ1) is 13.0. The molecule has 2 nitrogen and oxygen atoms in total. The molecule has 1 atom stereocenters. The van der Waals surface area contributed by atoms with Crippen molar-refractivity contribution in [2.24, 2.45) is 5.92 Å². The Labute approximate surface area is 98.5 Å². The fourth-order valence-corrected chi connectivity index (χ4v) is 1.81. The molecule has 1 unspecified atom stereocenters. The summed E-state index contributed by atoms with van der Waals surface area (Å²) in [7, 11) is 0. The topological polar surface area (TPSA) is 46.2 Å². The van der Waals surface area contributed by atoms with Crippen LogP contribution in [0.5, 0.6) is 0 Å². The number of rotatable bonds is 4. The quantitative estimate of drug-likeness (QED) is 0.765. The van der Waals surface area contributed by atoms with E-state index in [-0.39, 0.29) is 0 Å². The van der Waals surface area contributed by atoms with E-state index in [1.165, 1.54) is 5.56 Å². The van der Waals surface area contributed by atoms with Crippen molar-refractivity contribution < 1.29 is 5.11 Å². The molecule has 1 aromatic rings. The number of hydrogen-bond acceptors (Lipinski definition) is 2. The molecular formula is C14H23NO. The summed E-state index contributed by atoms with van der Waals surface area (Å²) in [5, 5.41) is 10.1. The molecule has 0 fully saturated rings.